The number of hydrogen-bond donors (Lipinski definition) is 1. The third-order valence-corrected chi connectivity index (χ3v) is 2.15. The Morgan fingerprint density at radius 1 is 1.60 bits per heavy atom. The van der Waals surface area contributed by atoms with Crippen molar-refractivity contribution in [1.82, 2.24) is 0 Å². The van der Waals surface area contributed by atoms with Crippen molar-refractivity contribution < 1.29 is 14.6 Å². The Morgan fingerprint density at radius 2 is 2.33 bits per heavy atom. The molecule has 3 heteroatoms. The summed E-state index contributed by atoms with van der Waals surface area (Å²) in [7, 11) is 0. The van der Waals surface area contributed by atoms with Gasteiger partial charge in [-0.15, -0.1) is 0 Å². The number of esters is 1. The summed E-state index contributed by atoms with van der Waals surface area (Å²) in [4.78, 5) is 11.5. The molecular formula is C12H16O3. The minimum atomic E-state index is -0.294. The van der Waals surface area contributed by atoms with Gasteiger partial charge in [0.1, 0.15) is 0 Å². The number of hydrogen-bond acceptors (Lipinski definition) is 3. The minimum absolute atomic E-state index is 0.0710. The number of cyclic esters (lactones) is 1. The zero-order chi connectivity index (χ0) is 11.3. The molecule has 0 spiro atoms. The summed E-state index contributed by atoms with van der Waals surface area (Å²) in [6.07, 6.45) is 7.30. The van der Waals surface area contributed by atoms with E-state index in [1.54, 1.807) is 12.2 Å². The first-order chi connectivity index (χ1) is 7.13. The summed E-state index contributed by atoms with van der Waals surface area (Å²) >= 11 is 0. The van der Waals surface area contributed by atoms with Crippen molar-refractivity contribution in [3.05, 3.63) is 35.6 Å². The number of carbonyl (C=O) groups is 1. The van der Waals surface area contributed by atoms with E-state index in [2.05, 4.69) is 0 Å². The van der Waals surface area contributed by atoms with E-state index < -0.39 is 0 Å². The average Bonchev–Trinajstić information content (AvgIpc) is 2.37. The summed E-state index contributed by atoms with van der Waals surface area (Å²) in [5.74, 6) is -0.566. The van der Waals surface area contributed by atoms with Crippen LogP contribution in [0, 0.1) is 5.92 Å². The highest BCUT2D eigenvalue weighted by atomic mass is 16.5. The van der Waals surface area contributed by atoms with Crippen molar-refractivity contribution >= 4 is 5.97 Å². The second-order valence-electron chi connectivity index (χ2n) is 3.76. The van der Waals surface area contributed by atoms with E-state index in [1.165, 1.54) is 11.8 Å². The quantitative estimate of drug-likeness (QED) is 0.569. The largest absolute Gasteiger partial charge is 0.434 e. The molecule has 1 heterocycles. The number of rotatable bonds is 3. The first-order valence-corrected chi connectivity index (χ1v) is 4.95. The van der Waals surface area contributed by atoms with E-state index in [1.807, 2.05) is 19.9 Å². The van der Waals surface area contributed by atoms with Gasteiger partial charge in [-0.1, -0.05) is 17.7 Å². The number of aliphatic hydroxyl groups is 1. The summed E-state index contributed by atoms with van der Waals surface area (Å²) in [6.45, 7) is 3.90. The van der Waals surface area contributed by atoms with Crippen molar-refractivity contribution in [2.45, 2.75) is 20.3 Å². The predicted molar refractivity (Wildman–Crippen MR) is 57.9 cm³/mol. The number of allylic oxidation sites excluding steroid dienone is 2. The minimum Gasteiger partial charge on any atom is -0.434 e. The Hall–Kier alpha value is -1.35. The van der Waals surface area contributed by atoms with Crippen LogP contribution in [0.15, 0.2) is 35.6 Å². The Kier molecular flexibility index (Phi) is 4.31. The fraction of sp³-hybridized carbons (Fsp3) is 0.417. The molecule has 1 N–H and O–H groups in total. The Morgan fingerprint density at radius 3 is 2.93 bits per heavy atom. The summed E-state index contributed by atoms with van der Waals surface area (Å²) in [6, 6.07) is 0. The zero-order valence-electron chi connectivity index (χ0n) is 9.06. The van der Waals surface area contributed by atoms with Gasteiger partial charge in [0.2, 0.25) is 0 Å². The highest BCUT2D eigenvalue weighted by Crippen LogP contribution is 2.16. The molecule has 1 rings (SSSR count). The van der Waals surface area contributed by atoms with E-state index in [9.17, 15) is 4.79 Å². The normalized spacial score (nSPS) is 20.3. The monoisotopic (exact) mass is 208 g/mol. The van der Waals surface area contributed by atoms with Gasteiger partial charge >= 0.3 is 5.97 Å². The van der Waals surface area contributed by atoms with Crippen LogP contribution in [0.4, 0.5) is 0 Å². The Balaban J connectivity index is 2.76. The van der Waals surface area contributed by atoms with Crippen LogP contribution in [-0.2, 0) is 9.53 Å². The highest BCUT2D eigenvalue weighted by Gasteiger charge is 2.18. The van der Waals surface area contributed by atoms with Gasteiger partial charge in [-0.3, -0.25) is 4.79 Å². The maximum absolute atomic E-state index is 11.5. The van der Waals surface area contributed by atoms with Crippen LogP contribution in [0.5, 0.6) is 0 Å². The van der Waals surface area contributed by atoms with Crippen LogP contribution >= 0.6 is 0 Å². The van der Waals surface area contributed by atoms with Crippen molar-refractivity contribution in [2.24, 2.45) is 5.92 Å². The van der Waals surface area contributed by atoms with Crippen molar-refractivity contribution in [3.8, 4) is 0 Å². The molecular weight excluding hydrogens is 192 g/mol. The summed E-state index contributed by atoms with van der Waals surface area (Å²) in [5, 5.41) is 9.00. The maximum atomic E-state index is 11.5. The molecule has 1 unspecified atom stereocenters. The van der Waals surface area contributed by atoms with Gasteiger partial charge in [0, 0.05) is 0 Å². The molecule has 0 aromatic carbocycles. The molecule has 0 fully saturated rings. The van der Waals surface area contributed by atoms with Crippen LogP contribution in [-0.4, -0.2) is 17.7 Å². The summed E-state index contributed by atoms with van der Waals surface area (Å²) in [5.41, 5.74) is 1.88. The lowest BCUT2D eigenvalue weighted by molar-refractivity contribution is -0.140. The lowest BCUT2D eigenvalue weighted by atomic mass is 10.0. The van der Waals surface area contributed by atoms with Crippen LogP contribution < -0.4 is 0 Å². The molecule has 0 radical (unpaired) electrons. The molecule has 1 aliphatic rings. The second kappa shape index (κ2) is 5.51. The highest BCUT2D eigenvalue weighted by molar-refractivity contribution is 5.76. The lowest BCUT2D eigenvalue weighted by Crippen LogP contribution is -2.12. The van der Waals surface area contributed by atoms with Crippen LogP contribution in [0.3, 0.4) is 0 Å². The first kappa shape index (κ1) is 11.7. The maximum Gasteiger partial charge on any atom is 0.317 e. The molecule has 82 valence electrons. The molecule has 0 aliphatic carbocycles. The third kappa shape index (κ3) is 3.72. The molecule has 1 atom stereocenters. The van der Waals surface area contributed by atoms with E-state index in [-0.39, 0.29) is 18.5 Å². The van der Waals surface area contributed by atoms with Crippen LogP contribution in [0.2, 0.25) is 0 Å². The Labute approximate surface area is 89.7 Å². The lowest BCUT2D eigenvalue weighted by Gasteiger charge is -2.06. The SMILES string of the molecule is CC(C)=CCC1C=C(CO)C=COC1=O. The topological polar surface area (TPSA) is 46.5 Å². The van der Waals surface area contributed by atoms with Gasteiger partial charge in [0.15, 0.2) is 0 Å². The van der Waals surface area contributed by atoms with Crippen molar-refractivity contribution in [3.63, 3.8) is 0 Å². The molecule has 15 heavy (non-hydrogen) atoms. The number of ether oxygens (including phenoxy) is 1. The van der Waals surface area contributed by atoms with E-state index in [0.717, 1.165) is 0 Å². The van der Waals surface area contributed by atoms with Gasteiger partial charge in [-0.25, -0.2) is 0 Å². The molecule has 1 aliphatic heterocycles. The molecule has 0 amide bonds. The van der Waals surface area contributed by atoms with Gasteiger partial charge in [-0.2, -0.15) is 0 Å². The molecule has 0 aromatic rings. The third-order valence-electron chi connectivity index (χ3n) is 2.15. The molecule has 0 bridgehead atoms. The molecule has 3 nitrogen and oxygen atoms in total. The number of carbonyl (C=O) groups excluding carboxylic acids is 1. The van der Waals surface area contributed by atoms with Crippen LogP contribution in [0.25, 0.3) is 0 Å². The van der Waals surface area contributed by atoms with E-state index >= 15 is 0 Å². The van der Waals surface area contributed by atoms with Gasteiger partial charge in [0.05, 0.1) is 18.8 Å². The molecule has 0 aromatic heterocycles. The van der Waals surface area contributed by atoms with Gasteiger partial charge in [0.25, 0.3) is 0 Å². The fourth-order valence-corrected chi connectivity index (χ4v) is 1.29. The van der Waals surface area contributed by atoms with E-state index in [0.29, 0.717) is 12.0 Å². The van der Waals surface area contributed by atoms with Crippen LogP contribution in [0.1, 0.15) is 20.3 Å². The van der Waals surface area contributed by atoms with E-state index in [4.69, 9.17) is 9.84 Å². The summed E-state index contributed by atoms with van der Waals surface area (Å²) < 4.78 is 4.87. The molecule has 0 saturated heterocycles. The molecule has 0 saturated carbocycles. The van der Waals surface area contributed by atoms with Gasteiger partial charge < -0.3 is 9.84 Å². The zero-order valence-corrected chi connectivity index (χ0v) is 9.06. The van der Waals surface area contributed by atoms with Crippen molar-refractivity contribution in [1.29, 1.82) is 0 Å². The number of aliphatic hydroxyl groups excluding tert-OH is 1. The standard InChI is InChI=1S/C12H16O3/c1-9(2)3-4-11-7-10(8-13)5-6-15-12(11)14/h3,5-7,11,13H,4,8H2,1-2H3. The smallest absolute Gasteiger partial charge is 0.317 e. The second-order valence-corrected chi connectivity index (χ2v) is 3.76. The fourth-order valence-electron chi connectivity index (χ4n) is 1.29. The first-order valence-electron chi connectivity index (χ1n) is 4.95. The van der Waals surface area contributed by atoms with Crippen molar-refractivity contribution in [2.75, 3.05) is 6.61 Å². The van der Waals surface area contributed by atoms with Gasteiger partial charge in [-0.05, 0) is 31.9 Å². The Bertz CT molecular complexity index is 320. The average molecular weight is 208 g/mol. The predicted octanol–water partition coefficient (Wildman–Crippen LogP) is 1.95.